The van der Waals surface area contributed by atoms with Crippen molar-refractivity contribution in [2.24, 2.45) is 5.92 Å². The van der Waals surface area contributed by atoms with E-state index in [4.69, 9.17) is 11.6 Å². The fraction of sp³-hybridized carbons (Fsp3) is 0.462. The molecule has 3 heterocycles. The molecule has 6 nitrogen and oxygen atoms in total. The molecule has 7 heteroatoms. The van der Waals surface area contributed by atoms with Crippen LogP contribution in [0.25, 0.3) is 10.9 Å². The minimum absolute atomic E-state index is 0.183. The second-order valence-corrected chi connectivity index (χ2v) is 5.69. The Morgan fingerprint density at radius 2 is 2.20 bits per heavy atom. The number of fused-ring (bicyclic) bond motifs is 1. The van der Waals surface area contributed by atoms with Crippen LogP contribution in [0.4, 0.5) is 5.82 Å². The highest BCUT2D eigenvalue weighted by Crippen LogP contribution is 2.32. The van der Waals surface area contributed by atoms with Gasteiger partial charge in [0.25, 0.3) is 0 Å². The summed E-state index contributed by atoms with van der Waals surface area (Å²) in [6, 6.07) is 1.96. The second-order valence-electron chi connectivity index (χ2n) is 5.31. The molecule has 2 aromatic rings. The number of carboxylic acids is 1. The monoisotopic (exact) mass is 293 g/mol. The van der Waals surface area contributed by atoms with Crippen molar-refractivity contribution >= 4 is 34.3 Å². The van der Waals surface area contributed by atoms with Gasteiger partial charge in [0.05, 0.1) is 10.9 Å². The Bertz CT molecular complexity index is 676. The number of aliphatic carboxylic acids is 1. The van der Waals surface area contributed by atoms with E-state index in [2.05, 4.69) is 10.1 Å². The van der Waals surface area contributed by atoms with Gasteiger partial charge in [0.15, 0.2) is 5.82 Å². The molecule has 0 bridgehead atoms. The number of anilines is 1. The molecule has 1 aliphatic rings. The minimum Gasteiger partial charge on any atom is -0.550 e. The maximum atomic E-state index is 10.8. The highest BCUT2D eigenvalue weighted by Gasteiger charge is 2.31. The van der Waals surface area contributed by atoms with Crippen LogP contribution in [-0.2, 0) is 4.79 Å². The molecule has 0 unspecified atom stereocenters. The number of carboxylic acid groups (broad SMARTS) is 1. The summed E-state index contributed by atoms with van der Waals surface area (Å²) < 4.78 is 1.88. The van der Waals surface area contributed by atoms with Crippen LogP contribution in [0.1, 0.15) is 19.9 Å². The zero-order valence-electron chi connectivity index (χ0n) is 11.2. The molecular weight excluding hydrogens is 280 g/mol. The van der Waals surface area contributed by atoms with Crippen molar-refractivity contribution in [2.75, 3.05) is 18.0 Å². The lowest BCUT2D eigenvalue weighted by Gasteiger charge is -2.40. The first-order valence-electron chi connectivity index (χ1n) is 6.47. The van der Waals surface area contributed by atoms with Gasteiger partial charge in [-0.1, -0.05) is 11.6 Å². The molecule has 0 saturated carbocycles. The number of aromatic nitrogens is 3. The number of carbonyl (C=O) groups is 1. The molecular formula is C13H14ClN4O2-. The number of nitrogens with zero attached hydrogens (tertiary/aromatic N) is 4. The number of rotatable bonds is 3. The molecule has 2 aromatic heterocycles. The Hall–Kier alpha value is -1.82. The molecule has 0 N–H and O–H groups in total. The van der Waals surface area contributed by atoms with Crippen molar-refractivity contribution in [3.63, 3.8) is 0 Å². The number of halogens is 1. The average Bonchev–Trinajstić information content (AvgIpc) is 2.65. The van der Waals surface area contributed by atoms with E-state index in [9.17, 15) is 9.90 Å². The van der Waals surface area contributed by atoms with Crippen LogP contribution in [0.5, 0.6) is 0 Å². The molecule has 0 amide bonds. The van der Waals surface area contributed by atoms with Gasteiger partial charge in [0, 0.05) is 43.3 Å². The van der Waals surface area contributed by atoms with Crippen LogP contribution in [0.15, 0.2) is 12.3 Å². The van der Waals surface area contributed by atoms with Crippen LogP contribution in [-0.4, -0.2) is 33.8 Å². The Labute approximate surface area is 121 Å². The number of carbonyl (C=O) groups excluding carboxylic acids is 1. The Morgan fingerprint density at radius 3 is 2.80 bits per heavy atom. The summed E-state index contributed by atoms with van der Waals surface area (Å²) in [7, 11) is 0. The van der Waals surface area contributed by atoms with E-state index < -0.39 is 11.9 Å². The van der Waals surface area contributed by atoms with E-state index in [-0.39, 0.29) is 6.04 Å². The zero-order valence-corrected chi connectivity index (χ0v) is 12.0. The predicted molar refractivity (Wildman–Crippen MR) is 73.6 cm³/mol. The topological polar surface area (TPSA) is 74.1 Å². The van der Waals surface area contributed by atoms with E-state index in [0.29, 0.717) is 18.2 Å². The molecule has 0 spiro atoms. The van der Waals surface area contributed by atoms with Crippen LogP contribution < -0.4 is 10.0 Å². The lowest BCUT2D eigenvalue weighted by atomic mass is 10.0. The largest absolute Gasteiger partial charge is 0.550 e. The number of hydrogen-bond acceptors (Lipinski definition) is 5. The van der Waals surface area contributed by atoms with Gasteiger partial charge in [0.2, 0.25) is 0 Å². The van der Waals surface area contributed by atoms with Crippen molar-refractivity contribution in [3.05, 3.63) is 17.4 Å². The van der Waals surface area contributed by atoms with Gasteiger partial charge in [-0.2, -0.15) is 5.10 Å². The quantitative estimate of drug-likeness (QED) is 0.785. The third kappa shape index (κ3) is 2.00. The molecule has 0 aliphatic carbocycles. The number of hydrogen-bond donors (Lipinski definition) is 0. The smallest absolute Gasteiger partial charge is 0.160 e. The van der Waals surface area contributed by atoms with E-state index >= 15 is 0 Å². The van der Waals surface area contributed by atoms with Gasteiger partial charge in [-0.25, -0.2) is 4.98 Å². The van der Waals surface area contributed by atoms with Gasteiger partial charge in [-0.3, -0.25) is 4.68 Å². The molecule has 1 saturated heterocycles. The van der Waals surface area contributed by atoms with Crippen LogP contribution in [0.3, 0.4) is 0 Å². The standard InChI is InChI=1S/C13H15ClN4O2/c1-7(2)18-10-3-11(14)15-4-9(10)12(16-18)17-5-8(6-17)13(19)20/h3-4,7-8H,5-6H2,1-2H3,(H,19,20)/p-1. The Kier molecular flexibility index (Phi) is 3.05. The summed E-state index contributed by atoms with van der Waals surface area (Å²) in [6.07, 6.45) is 1.69. The summed E-state index contributed by atoms with van der Waals surface area (Å²) in [6.45, 7) is 4.92. The van der Waals surface area contributed by atoms with Crippen molar-refractivity contribution in [1.29, 1.82) is 0 Å². The van der Waals surface area contributed by atoms with Crippen LogP contribution in [0.2, 0.25) is 5.15 Å². The molecule has 1 fully saturated rings. The van der Waals surface area contributed by atoms with Crippen molar-refractivity contribution in [2.45, 2.75) is 19.9 Å². The average molecular weight is 294 g/mol. The van der Waals surface area contributed by atoms with Crippen molar-refractivity contribution in [3.8, 4) is 0 Å². The molecule has 0 radical (unpaired) electrons. The summed E-state index contributed by atoms with van der Waals surface area (Å²) in [5.41, 5.74) is 0.909. The lowest BCUT2D eigenvalue weighted by Crippen LogP contribution is -2.54. The van der Waals surface area contributed by atoms with Crippen molar-refractivity contribution < 1.29 is 9.90 Å². The maximum absolute atomic E-state index is 10.8. The van der Waals surface area contributed by atoms with E-state index in [1.165, 1.54) is 0 Å². The van der Waals surface area contributed by atoms with E-state index in [1.807, 2.05) is 23.4 Å². The third-order valence-corrected chi connectivity index (χ3v) is 3.75. The first kappa shape index (κ1) is 13.2. The van der Waals surface area contributed by atoms with Crippen LogP contribution in [0, 0.1) is 5.92 Å². The summed E-state index contributed by atoms with van der Waals surface area (Å²) in [5.74, 6) is -0.667. The maximum Gasteiger partial charge on any atom is 0.160 e. The summed E-state index contributed by atoms with van der Waals surface area (Å²) in [5, 5.41) is 16.7. The Balaban J connectivity index is 2.02. The minimum atomic E-state index is -1.00. The zero-order chi connectivity index (χ0) is 14.4. The predicted octanol–water partition coefficient (Wildman–Crippen LogP) is 0.852. The van der Waals surface area contributed by atoms with E-state index in [1.54, 1.807) is 12.3 Å². The molecule has 0 atom stereocenters. The second kappa shape index (κ2) is 4.63. The highest BCUT2D eigenvalue weighted by molar-refractivity contribution is 6.30. The van der Waals surface area contributed by atoms with Gasteiger partial charge < -0.3 is 14.8 Å². The molecule has 20 heavy (non-hydrogen) atoms. The molecule has 1 aliphatic heterocycles. The van der Waals surface area contributed by atoms with Crippen molar-refractivity contribution in [1.82, 2.24) is 14.8 Å². The molecule has 0 aromatic carbocycles. The van der Waals surface area contributed by atoms with Gasteiger partial charge in [-0.15, -0.1) is 0 Å². The Morgan fingerprint density at radius 1 is 1.50 bits per heavy atom. The normalized spacial score (nSPS) is 15.9. The fourth-order valence-corrected chi connectivity index (χ4v) is 2.57. The lowest BCUT2D eigenvalue weighted by molar-refractivity contribution is -0.312. The first-order chi connectivity index (χ1) is 9.47. The first-order valence-corrected chi connectivity index (χ1v) is 6.84. The molecule has 106 valence electrons. The van der Waals surface area contributed by atoms with Gasteiger partial charge in [-0.05, 0) is 13.8 Å². The van der Waals surface area contributed by atoms with Crippen LogP contribution >= 0.6 is 11.6 Å². The summed E-state index contributed by atoms with van der Waals surface area (Å²) in [4.78, 5) is 16.8. The van der Waals surface area contributed by atoms with E-state index in [0.717, 1.165) is 16.7 Å². The number of pyridine rings is 1. The van der Waals surface area contributed by atoms with Gasteiger partial charge >= 0.3 is 0 Å². The SMILES string of the molecule is CC(C)n1nc(N2CC(C(=O)[O-])C2)c2cnc(Cl)cc21. The summed E-state index contributed by atoms with van der Waals surface area (Å²) >= 11 is 5.94. The fourth-order valence-electron chi connectivity index (χ4n) is 2.42. The van der Waals surface area contributed by atoms with Gasteiger partial charge in [0.1, 0.15) is 5.15 Å². The highest BCUT2D eigenvalue weighted by atomic mass is 35.5. The third-order valence-electron chi connectivity index (χ3n) is 3.54. The molecule has 3 rings (SSSR count).